The minimum Gasteiger partial charge on any atom is -0.507 e. The van der Waals surface area contributed by atoms with E-state index < -0.39 is 29.3 Å². The van der Waals surface area contributed by atoms with E-state index in [1.807, 2.05) is 0 Å². The van der Waals surface area contributed by atoms with Gasteiger partial charge in [0.25, 0.3) is 11.7 Å². The van der Waals surface area contributed by atoms with Crippen LogP contribution in [0.2, 0.25) is 0 Å². The van der Waals surface area contributed by atoms with E-state index in [0.717, 1.165) is 0 Å². The number of aliphatic hydroxyl groups excluding tert-OH is 1. The summed E-state index contributed by atoms with van der Waals surface area (Å²) < 4.78 is 25.9. The van der Waals surface area contributed by atoms with Gasteiger partial charge in [0.05, 0.1) is 11.6 Å². The lowest BCUT2D eigenvalue weighted by molar-refractivity contribution is -0.140. The summed E-state index contributed by atoms with van der Waals surface area (Å²) in [4.78, 5) is 31.4. The van der Waals surface area contributed by atoms with Crippen molar-refractivity contribution in [2.24, 2.45) is 0 Å². The van der Waals surface area contributed by atoms with Gasteiger partial charge in [-0.2, -0.15) is 0 Å². The summed E-state index contributed by atoms with van der Waals surface area (Å²) in [5.41, 5.74) is 0.852. The Kier molecular flexibility index (Phi) is 5.26. The molecule has 3 aromatic rings. The van der Waals surface area contributed by atoms with Crippen molar-refractivity contribution >= 4 is 17.4 Å². The highest BCUT2D eigenvalue weighted by atomic mass is 19.1. The van der Waals surface area contributed by atoms with E-state index in [0.29, 0.717) is 30.3 Å². The molecule has 0 saturated carbocycles. The van der Waals surface area contributed by atoms with Crippen molar-refractivity contribution in [2.75, 3.05) is 13.2 Å². The standard InChI is InChI=1S/C25H19FN2O5/c26-18-6-2-1-5-17(18)22-21(23(29)16-7-8-19-20(12-16)33-11-10-32-19)24(30)25(31)28(22)14-15-4-3-9-27-13-15/h1-9,12-13,22,29H,10-11,14H2/b23-21-. The number of ether oxygens (including phenoxy) is 2. The van der Waals surface area contributed by atoms with Gasteiger partial charge >= 0.3 is 0 Å². The Morgan fingerprint density at radius 1 is 1.06 bits per heavy atom. The molecule has 33 heavy (non-hydrogen) atoms. The number of amides is 1. The highest BCUT2D eigenvalue weighted by molar-refractivity contribution is 6.46. The Labute approximate surface area is 188 Å². The molecule has 0 aliphatic carbocycles. The van der Waals surface area contributed by atoms with Crippen LogP contribution in [-0.4, -0.2) is 39.9 Å². The summed E-state index contributed by atoms with van der Waals surface area (Å²) in [7, 11) is 0. The van der Waals surface area contributed by atoms with Gasteiger partial charge < -0.3 is 19.5 Å². The van der Waals surface area contributed by atoms with Crippen LogP contribution in [0.4, 0.5) is 4.39 Å². The predicted octanol–water partition coefficient (Wildman–Crippen LogP) is 3.61. The molecule has 1 unspecified atom stereocenters. The molecule has 1 N–H and O–H groups in total. The number of hydrogen-bond acceptors (Lipinski definition) is 6. The number of likely N-dealkylation sites (tertiary alicyclic amines) is 1. The maximum atomic E-state index is 14.9. The largest absolute Gasteiger partial charge is 0.507 e. The SMILES string of the molecule is O=C1C(=O)N(Cc2cccnc2)C(c2ccccc2F)/C1=C(/O)c1ccc2c(c1)OCCO2. The number of nitrogens with zero attached hydrogens (tertiary/aromatic N) is 2. The van der Waals surface area contributed by atoms with Gasteiger partial charge in [0.1, 0.15) is 24.8 Å². The number of Topliss-reactive ketones (excluding diaryl/α,β-unsaturated/α-hetero) is 1. The van der Waals surface area contributed by atoms with Crippen LogP contribution in [0.5, 0.6) is 11.5 Å². The van der Waals surface area contributed by atoms with Gasteiger partial charge in [-0.25, -0.2) is 4.39 Å². The number of halogens is 1. The lowest BCUT2D eigenvalue weighted by Gasteiger charge is -2.25. The first-order valence-corrected chi connectivity index (χ1v) is 10.4. The van der Waals surface area contributed by atoms with Crippen molar-refractivity contribution in [1.29, 1.82) is 0 Å². The average Bonchev–Trinajstić information content (AvgIpc) is 3.09. The Morgan fingerprint density at radius 2 is 1.85 bits per heavy atom. The van der Waals surface area contributed by atoms with Crippen LogP contribution < -0.4 is 9.47 Å². The van der Waals surface area contributed by atoms with Crippen molar-refractivity contribution in [3.05, 3.63) is 95.1 Å². The second-order valence-corrected chi connectivity index (χ2v) is 7.67. The van der Waals surface area contributed by atoms with E-state index in [1.165, 1.54) is 29.2 Å². The average molecular weight is 446 g/mol. The zero-order valence-electron chi connectivity index (χ0n) is 17.4. The third-order valence-electron chi connectivity index (χ3n) is 5.63. The molecular weight excluding hydrogens is 427 g/mol. The Bertz CT molecular complexity index is 1270. The smallest absolute Gasteiger partial charge is 0.295 e. The van der Waals surface area contributed by atoms with E-state index in [2.05, 4.69) is 4.98 Å². The zero-order chi connectivity index (χ0) is 22.9. The quantitative estimate of drug-likeness (QED) is 0.374. The number of aliphatic hydroxyl groups is 1. The van der Waals surface area contributed by atoms with Gasteiger partial charge in [0.2, 0.25) is 0 Å². The predicted molar refractivity (Wildman–Crippen MR) is 116 cm³/mol. The molecule has 0 spiro atoms. The first-order chi connectivity index (χ1) is 16.0. The molecule has 5 rings (SSSR count). The first-order valence-electron chi connectivity index (χ1n) is 10.4. The molecule has 1 saturated heterocycles. The molecule has 166 valence electrons. The lowest BCUT2D eigenvalue weighted by atomic mass is 9.94. The van der Waals surface area contributed by atoms with E-state index >= 15 is 0 Å². The Morgan fingerprint density at radius 3 is 2.61 bits per heavy atom. The first kappa shape index (κ1) is 20.7. The maximum Gasteiger partial charge on any atom is 0.295 e. The van der Waals surface area contributed by atoms with Crippen LogP contribution >= 0.6 is 0 Å². The van der Waals surface area contributed by atoms with Gasteiger partial charge in [-0.05, 0) is 35.9 Å². The molecule has 7 nitrogen and oxygen atoms in total. The minimum atomic E-state index is -1.11. The van der Waals surface area contributed by atoms with Crippen molar-refractivity contribution < 1.29 is 28.6 Å². The van der Waals surface area contributed by atoms with E-state index in [-0.39, 0.29) is 23.2 Å². The number of aromatic nitrogens is 1. The summed E-state index contributed by atoms with van der Waals surface area (Å²) in [6, 6.07) is 13.0. The van der Waals surface area contributed by atoms with Gasteiger partial charge in [-0.15, -0.1) is 0 Å². The molecule has 2 aromatic carbocycles. The van der Waals surface area contributed by atoms with E-state index in [9.17, 15) is 19.1 Å². The van der Waals surface area contributed by atoms with Gasteiger partial charge in [-0.1, -0.05) is 24.3 Å². The van der Waals surface area contributed by atoms with Crippen LogP contribution in [0.25, 0.3) is 5.76 Å². The third-order valence-corrected chi connectivity index (χ3v) is 5.63. The number of carbonyl (C=O) groups is 2. The molecule has 0 bridgehead atoms. The molecular formula is C25H19FN2O5. The molecule has 8 heteroatoms. The lowest BCUT2D eigenvalue weighted by Crippen LogP contribution is -2.29. The van der Waals surface area contributed by atoms with Gasteiger partial charge in [0, 0.05) is 30.1 Å². The van der Waals surface area contributed by atoms with Crippen LogP contribution in [0.15, 0.2) is 72.6 Å². The zero-order valence-corrected chi connectivity index (χ0v) is 17.4. The van der Waals surface area contributed by atoms with Gasteiger partial charge in [-0.3, -0.25) is 14.6 Å². The van der Waals surface area contributed by atoms with Crippen LogP contribution in [0, 0.1) is 5.82 Å². The number of carbonyl (C=O) groups excluding carboxylic acids is 2. The molecule has 3 heterocycles. The topological polar surface area (TPSA) is 89.0 Å². The van der Waals surface area contributed by atoms with Crippen LogP contribution in [0.1, 0.15) is 22.7 Å². The van der Waals surface area contributed by atoms with Crippen LogP contribution in [0.3, 0.4) is 0 Å². The number of fused-ring (bicyclic) bond motifs is 1. The fraction of sp³-hybridized carbons (Fsp3) is 0.160. The Hall–Kier alpha value is -4.20. The summed E-state index contributed by atoms with van der Waals surface area (Å²) in [6.45, 7) is 0.780. The number of benzene rings is 2. The summed E-state index contributed by atoms with van der Waals surface area (Å²) >= 11 is 0. The maximum absolute atomic E-state index is 14.9. The third kappa shape index (κ3) is 3.69. The molecule has 0 radical (unpaired) electrons. The highest BCUT2D eigenvalue weighted by Crippen LogP contribution is 2.42. The van der Waals surface area contributed by atoms with Crippen molar-refractivity contribution in [2.45, 2.75) is 12.6 Å². The molecule has 1 fully saturated rings. The van der Waals surface area contributed by atoms with Crippen molar-refractivity contribution in [3.63, 3.8) is 0 Å². The second kappa shape index (κ2) is 8.38. The number of pyridine rings is 1. The van der Waals surface area contributed by atoms with Gasteiger partial charge in [0.15, 0.2) is 11.5 Å². The summed E-state index contributed by atoms with van der Waals surface area (Å²) in [6.07, 6.45) is 3.16. The minimum absolute atomic E-state index is 0.0231. The Balaban J connectivity index is 1.65. The number of rotatable bonds is 4. The second-order valence-electron chi connectivity index (χ2n) is 7.67. The normalized spacial score (nSPS) is 19.1. The van der Waals surface area contributed by atoms with Crippen molar-refractivity contribution in [1.82, 2.24) is 9.88 Å². The number of ketones is 1. The molecule has 2 aliphatic rings. The fourth-order valence-corrected chi connectivity index (χ4v) is 4.10. The number of hydrogen-bond donors (Lipinski definition) is 1. The van der Waals surface area contributed by atoms with Crippen molar-refractivity contribution in [3.8, 4) is 11.5 Å². The molecule has 2 aliphatic heterocycles. The monoisotopic (exact) mass is 446 g/mol. The molecule has 1 amide bonds. The fourth-order valence-electron chi connectivity index (χ4n) is 4.10. The van der Waals surface area contributed by atoms with Crippen LogP contribution in [-0.2, 0) is 16.1 Å². The molecule has 1 aromatic heterocycles. The summed E-state index contributed by atoms with van der Waals surface area (Å²) in [5, 5.41) is 11.2. The van der Waals surface area contributed by atoms with E-state index in [4.69, 9.17) is 9.47 Å². The highest BCUT2D eigenvalue weighted by Gasteiger charge is 2.47. The van der Waals surface area contributed by atoms with E-state index in [1.54, 1.807) is 42.7 Å². The summed E-state index contributed by atoms with van der Waals surface area (Å²) in [5.74, 6) is -1.79. The molecule has 1 atom stereocenters.